The second-order valence-electron chi connectivity index (χ2n) is 8.29. The molecule has 0 atom stereocenters. The first-order valence-corrected chi connectivity index (χ1v) is 11.0. The summed E-state index contributed by atoms with van der Waals surface area (Å²) in [6, 6.07) is 2.44. The maximum atomic E-state index is 12.7. The predicted octanol–water partition coefficient (Wildman–Crippen LogP) is 2.13. The van der Waals surface area contributed by atoms with E-state index in [1.807, 2.05) is 12.3 Å². The molecule has 3 heterocycles. The summed E-state index contributed by atoms with van der Waals surface area (Å²) in [4.78, 5) is 14.1. The standard InChI is InChI=1S/C18H25N5O2S/c1-22(17-15-4-5-19-16(15)20-12-21-17)13-8-18(9-13)10-14(11-18)26(24,25)23-6-2-3-7-23/h4-5,12-14H,2-3,6-11H2,1H3,(H,19,20,21). The van der Waals surface area contributed by atoms with Crippen LogP contribution < -0.4 is 4.90 Å². The maximum Gasteiger partial charge on any atom is 0.217 e. The Bertz CT molecular complexity index is 920. The van der Waals surface area contributed by atoms with E-state index in [4.69, 9.17) is 0 Å². The van der Waals surface area contributed by atoms with Gasteiger partial charge in [0.25, 0.3) is 0 Å². The van der Waals surface area contributed by atoms with E-state index in [1.54, 1.807) is 10.6 Å². The van der Waals surface area contributed by atoms with E-state index >= 15 is 0 Å². The SMILES string of the molecule is CN(c1ncnc2[nH]ccc12)C1CC2(C1)CC(S(=O)(=O)N1CCCC1)C2. The lowest BCUT2D eigenvalue weighted by Gasteiger charge is -2.59. The van der Waals surface area contributed by atoms with Crippen molar-refractivity contribution in [2.24, 2.45) is 5.41 Å². The number of hydrogen-bond donors (Lipinski definition) is 1. The van der Waals surface area contributed by atoms with E-state index in [-0.39, 0.29) is 10.7 Å². The molecule has 0 aromatic carbocycles. The van der Waals surface area contributed by atoms with Crippen LogP contribution in [0.25, 0.3) is 11.0 Å². The minimum atomic E-state index is -3.07. The Morgan fingerprint density at radius 1 is 1.19 bits per heavy atom. The van der Waals surface area contributed by atoms with Crippen molar-refractivity contribution >= 4 is 26.9 Å². The van der Waals surface area contributed by atoms with Crippen LogP contribution in [-0.2, 0) is 10.0 Å². The van der Waals surface area contributed by atoms with Crippen LogP contribution in [0.4, 0.5) is 5.82 Å². The van der Waals surface area contributed by atoms with Crippen LogP contribution in [0.15, 0.2) is 18.6 Å². The van der Waals surface area contributed by atoms with Gasteiger partial charge in [0.2, 0.25) is 10.0 Å². The van der Waals surface area contributed by atoms with Gasteiger partial charge in [-0.25, -0.2) is 22.7 Å². The van der Waals surface area contributed by atoms with E-state index < -0.39 is 10.0 Å². The van der Waals surface area contributed by atoms with E-state index in [1.165, 1.54) is 0 Å². The number of nitrogens with zero attached hydrogens (tertiary/aromatic N) is 4. The minimum absolute atomic E-state index is 0.151. The van der Waals surface area contributed by atoms with Gasteiger partial charge in [0.05, 0.1) is 10.6 Å². The van der Waals surface area contributed by atoms with Crippen molar-refractivity contribution in [3.8, 4) is 0 Å². The molecule has 1 saturated heterocycles. The van der Waals surface area contributed by atoms with Gasteiger partial charge in [-0.2, -0.15) is 0 Å². The number of aromatic nitrogens is 3. The largest absolute Gasteiger partial charge is 0.356 e. The van der Waals surface area contributed by atoms with Crippen LogP contribution in [0, 0.1) is 5.41 Å². The molecular formula is C18H25N5O2S. The van der Waals surface area contributed by atoms with Crippen molar-refractivity contribution in [2.45, 2.75) is 49.8 Å². The molecular weight excluding hydrogens is 350 g/mol. The van der Waals surface area contributed by atoms with Gasteiger partial charge < -0.3 is 9.88 Å². The average Bonchev–Trinajstić information content (AvgIpc) is 3.22. The molecule has 140 valence electrons. The molecule has 2 aliphatic carbocycles. The van der Waals surface area contributed by atoms with Gasteiger partial charge in [-0.3, -0.25) is 0 Å². The minimum Gasteiger partial charge on any atom is -0.356 e. The summed E-state index contributed by atoms with van der Waals surface area (Å²) in [6.07, 6.45) is 9.29. The molecule has 0 radical (unpaired) electrons. The first-order chi connectivity index (χ1) is 12.5. The van der Waals surface area contributed by atoms with Crippen LogP contribution in [0.2, 0.25) is 0 Å². The second-order valence-corrected chi connectivity index (χ2v) is 10.5. The summed E-state index contributed by atoms with van der Waals surface area (Å²) in [5.41, 5.74) is 1.09. The van der Waals surface area contributed by atoms with Gasteiger partial charge in [-0.05, 0) is 50.0 Å². The van der Waals surface area contributed by atoms with Gasteiger partial charge in [0.1, 0.15) is 17.8 Å². The molecule has 26 heavy (non-hydrogen) atoms. The van der Waals surface area contributed by atoms with E-state index in [2.05, 4.69) is 26.9 Å². The number of H-pyrrole nitrogens is 1. The molecule has 0 amide bonds. The Morgan fingerprint density at radius 3 is 2.65 bits per heavy atom. The fourth-order valence-electron chi connectivity index (χ4n) is 5.13. The van der Waals surface area contributed by atoms with Crippen molar-refractivity contribution in [3.63, 3.8) is 0 Å². The normalized spacial score (nSPS) is 31.9. The Morgan fingerprint density at radius 2 is 1.92 bits per heavy atom. The van der Waals surface area contributed by atoms with Crippen LogP contribution in [0.3, 0.4) is 0 Å². The van der Waals surface area contributed by atoms with Crippen molar-refractivity contribution in [2.75, 3.05) is 25.0 Å². The number of anilines is 1. The lowest BCUT2D eigenvalue weighted by atomic mass is 9.53. The number of sulfonamides is 1. The molecule has 7 nitrogen and oxygen atoms in total. The third kappa shape index (κ3) is 2.38. The molecule has 2 aromatic rings. The van der Waals surface area contributed by atoms with Gasteiger partial charge in [-0.1, -0.05) is 0 Å². The van der Waals surface area contributed by atoms with Crippen LogP contribution in [-0.4, -0.2) is 59.1 Å². The monoisotopic (exact) mass is 375 g/mol. The predicted molar refractivity (Wildman–Crippen MR) is 100 cm³/mol. The number of aromatic amines is 1. The molecule has 1 aliphatic heterocycles. The van der Waals surface area contributed by atoms with Gasteiger partial charge in [0, 0.05) is 32.4 Å². The highest BCUT2D eigenvalue weighted by molar-refractivity contribution is 7.89. The molecule has 0 unspecified atom stereocenters. The zero-order chi connectivity index (χ0) is 17.9. The Hall–Kier alpha value is -1.67. The first kappa shape index (κ1) is 16.5. The summed E-state index contributed by atoms with van der Waals surface area (Å²) in [6.45, 7) is 1.44. The summed E-state index contributed by atoms with van der Waals surface area (Å²) < 4.78 is 27.1. The Kier molecular flexibility index (Phi) is 3.59. The summed E-state index contributed by atoms with van der Waals surface area (Å²) in [5.74, 6) is 0.955. The number of nitrogens with one attached hydrogen (secondary N) is 1. The summed E-state index contributed by atoms with van der Waals surface area (Å²) in [7, 11) is -0.979. The quantitative estimate of drug-likeness (QED) is 0.885. The second kappa shape index (κ2) is 5.66. The maximum absolute atomic E-state index is 12.7. The van der Waals surface area contributed by atoms with Crippen LogP contribution >= 0.6 is 0 Å². The fraction of sp³-hybridized carbons (Fsp3) is 0.667. The molecule has 8 heteroatoms. The first-order valence-electron chi connectivity index (χ1n) is 9.48. The molecule has 3 aliphatic rings. The lowest BCUT2D eigenvalue weighted by molar-refractivity contribution is 0.0124. The zero-order valence-corrected chi connectivity index (χ0v) is 15.9. The number of hydrogen-bond acceptors (Lipinski definition) is 5. The van der Waals surface area contributed by atoms with Crippen molar-refractivity contribution in [1.29, 1.82) is 0 Å². The lowest BCUT2D eigenvalue weighted by Crippen LogP contribution is -2.60. The molecule has 2 saturated carbocycles. The highest BCUT2D eigenvalue weighted by atomic mass is 32.2. The van der Waals surface area contributed by atoms with E-state index in [0.717, 1.165) is 68.5 Å². The van der Waals surface area contributed by atoms with Gasteiger partial charge >= 0.3 is 0 Å². The topological polar surface area (TPSA) is 82.2 Å². The Labute approximate surface area is 153 Å². The van der Waals surface area contributed by atoms with Crippen LogP contribution in [0.1, 0.15) is 38.5 Å². The van der Waals surface area contributed by atoms with Crippen molar-refractivity contribution in [1.82, 2.24) is 19.3 Å². The van der Waals surface area contributed by atoms with Crippen molar-refractivity contribution < 1.29 is 8.42 Å². The summed E-state index contributed by atoms with van der Waals surface area (Å²) in [5, 5.41) is 0.890. The highest BCUT2D eigenvalue weighted by Gasteiger charge is 2.58. The van der Waals surface area contributed by atoms with E-state index in [9.17, 15) is 8.42 Å². The average molecular weight is 375 g/mol. The number of rotatable bonds is 4. The molecule has 1 N–H and O–H groups in total. The third-order valence-corrected chi connectivity index (χ3v) is 8.98. The molecule has 1 spiro atoms. The van der Waals surface area contributed by atoms with Crippen molar-refractivity contribution in [3.05, 3.63) is 18.6 Å². The summed E-state index contributed by atoms with van der Waals surface area (Å²) >= 11 is 0. The molecule has 2 aromatic heterocycles. The highest BCUT2D eigenvalue weighted by Crippen LogP contribution is 2.59. The number of fused-ring (bicyclic) bond motifs is 1. The Balaban J connectivity index is 1.24. The van der Waals surface area contributed by atoms with Gasteiger partial charge in [-0.15, -0.1) is 0 Å². The molecule has 3 fully saturated rings. The zero-order valence-electron chi connectivity index (χ0n) is 15.1. The third-order valence-electron chi connectivity index (χ3n) is 6.72. The van der Waals surface area contributed by atoms with Crippen LogP contribution in [0.5, 0.6) is 0 Å². The smallest absolute Gasteiger partial charge is 0.217 e. The van der Waals surface area contributed by atoms with E-state index in [0.29, 0.717) is 6.04 Å². The van der Waals surface area contributed by atoms with Gasteiger partial charge in [0.15, 0.2) is 0 Å². The fourth-order valence-corrected chi connectivity index (χ4v) is 7.45. The molecule has 5 rings (SSSR count). The molecule has 0 bridgehead atoms.